The second kappa shape index (κ2) is 6.94. The molecule has 94 valence electrons. The molecule has 0 saturated heterocycles. The van der Waals surface area contributed by atoms with E-state index in [1.807, 2.05) is 18.2 Å². The topological polar surface area (TPSA) is 41.1 Å². The molecule has 0 heterocycles. The molecule has 0 aliphatic carbocycles. The van der Waals surface area contributed by atoms with Gasteiger partial charge in [-0.15, -0.1) is 0 Å². The minimum absolute atomic E-state index is 0.0820. The minimum Gasteiger partial charge on any atom is -0.338 e. The van der Waals surface area contributed by atoms with Crippen molar-refractivity contribution >= 4 is 6.03 Å². The van der Waals surface area contributed by atoms with E-state index in [0.29, 0.717) is 24.9 Å². The Balaban J connectivity index is 2.29. The largest absolute Gasteiger partial charge is 0.338 e. The molecule has 0 fully saturated rings. The van der Waals surface area contributed by atoms with Crippen molar-refractivity contribution in [2.45, 2.75) is 26.7 Å². The van der Waals surface area contributed by atoms with Gasteiger partial charge in [0.15, 0.2) is 0 Å². The van der Waals surface area contributed by atoms with E-state index in [-0.39, 0.29) is 6.03 Å². The first-order valence-electron chi connectivity index (χ1n) is 6.16. The number of hydrogen-bond acceptors (Lipinski definition) is 1. The standard InChI is InChI=1S/C14H22N2O/c1-11(2)9-15-14(17)16-10-12(3)13-7-5-4-6-8-13/h4-8,11-12H,9-10H2,1-3H3,(H2,15,16,17). The van der Waals surface area contributed by atoms with E-state index in [4.69, 9.17) is 0 Å². The first-order chi connectivity index (χ1) is 8.09. The van der Waals surface area contributed by atoms with E-state index in [1.165, 1.54) is 5.56 Å². The van der Waals surface area contributed by atoms with Gasteiger partial charge in [-0.05, 0) is 17.4 Å². The van der Waals surface area contributed by atoms with Crippen LogP contribution in [0.3, 0.4) is 0 Å². The Morgan fingerprint density at radius 1 is 1.06 bits per heavy atom. The van der Waals surface area contributed by atoms with Gasteiger partial charge in [0.2, 0.25) is 0 Å². The summed E-state index contributed by atoms with van der Waals surface area (Å²) in [6.07, 6.45) is 0. The molecule has 0 radical (unpaired) electrons. The highest BCUT2D eigenvalue weighted by atomic mass is 16.2. The maximum atomic E-state index is 11.5. The highest BCUT2D eigenvalue weighted by Crippen LogP contribution is 2.12. The fraction of sp³-hybridized carbons (Fsp3) is 0.500. The van der Waals surface area contributed by atoms with Crippen LogP contribution in [0, 0.1) is 5.92 Å². The lowest BCUT2D eigenvalue weighted by Crippen LogP contribution is -2.39. The Morgan fingerprint density at radius 3 is 2.24 bits per heavy atom. The number of urea groups is 1. The zero-order valence-corrected chi connectivity index (χ0v) is 10.9. The van der Waals surface area contributed by atoms with Crippen molar-refractivity contribution in [2.24, 2.45) is 5.92 Å². The van der Waals surface area contributed by atoms with Gasteiger partial charge in [-0.1, -0.05) is 51.1 Å². The van der Waals surface area contributed by atoms with Crippen LogP contribution >= 0.6 is 0 Å². The zero-order valence-electron chi connectivity index (χ0n) is 10.9. The fourth-order valence-corrected chi connectivity index (χ4v) is 1.50. The van der Waals surface area contributed by atoms with Gasteiger partial charge in [-0.25, -0.2) is 4.79 Å². The smallest absolute Gasteiger partial charge is 0.314 e. The van der Waals surface area contributed by atoms with E-state index in [2.05, 4.69) is 43.5 Å². The summed E-state index contributed by atoms with van der Waals surface area (Å²) >= 11 is 0. The lowest BCUT2D eigenvalue weighted by atomic mass is 10.0. The second-order valence-corrected chi connectivity index (χ2v) is 4.80. The Labute approximate surface area is 104 Å². The lowest BCUT2D eigenvalue weighted by Gasteiger charge is -2.14. The van der Waals surface area contributed by atoms with Crippen molar-refractivity contribution in [3.63, 3.8) is 0 Å². The molecule has 3 heteroatoms. The molecule has 3 nitrogen and oxygen atoms in total. The Morgan fingerprint density at radius 2 is 1.65 bits per heavy atom. The van der Waals surface area contributed by atoms with Gasteiger partial charge in [0.25, 0.3) is 0 Å². The summed E-state index contributed by atoms with van der Waals surface area (Å²) in [4.78, 5) is 11.5. The van der Waals surface area contributed by atoms with E-state index in [1.54, 1.807) is 0 Å². The number of amides is 2. The first-order valence-corrected chi connectivity index (χ1v) is 6.16. The van der Waals surface area contributed by atoms with Crippen molar-refractivity contribution in [2.75, 3.05) is 13.1 Å². The Bertz CT molecular complexity index is 335. The molecular formula is C14H22N2O. The molecular weight excluding hydrogens is 212 g/mol. The average Bonchev–Trinajstić information content (AvgIpc) is 2.34. The van der Waals surface area contributed by atoms with Crippen LogP contribution < -0.4 is 10.6 Å². The molecule has 0 aliphatic rings. The van der Waals surface area contributed by atoms with Gasteiger partial charge in [-0.2, -0.15) is 0 Å². The summed E-state index contributed by atoms with van der Waals surface area (Å²) < 4.78 is 0. The van der Waals surface area contributed by atoms with Crippen molar-refractivity contribution in [1.82, 2.24) is 10.6 Å². The van der Waals surface area contributed by atoms with Gasteiger partial charge in [0.05, 0.1) is 0 Å². The molecule has 0 spiro atoms. The van der Waals surface area contributed by atoms with E-state index < -0.39 is 0 Å². The molecule has 0 bridgehead atoms. The molecule has 1 rings (SSSR count). The summed E-state index contributed by atoms with van der Waals surface area (Å²) in [5.41, 5.74) is 1.25. The second-order valence-electron chi connectivity index (χ2n) is 4.80. The predicted molar refractivity (Wildman–Crippen MR) is 71.1 cm³/mol. The van der Waals surface area contributed by atoms with Gasteiger partial charge < -0.3 is 10.6 Å². The third-order valence-electron chi connectivity index (χ3n) is 2.61. The quantitative estimate of drug-likeness (QED) is 0.808. The number of rotatable bonds is 5. The summed E-state index contributed by atoms with van der Waals surface area (Å²) in [7, 11) is 0. The molecule has 2 N–H and O–H groups in total. The zero-order chi connectivity index (χ0) is 12.7. The highest BCUT2D eigenvalue weighted by molar-refractivity contribution is 5.73. The van der Waals surface area contributed by atoms with Gasteiger partial charge >= 0.3 is 6.03 Å². The van der Waals surface area contributed by atoms with Crippen LogP contribution in [0.25, 0.3) is 0 Å². The molecule has 1 aromatic carbocycles. The first kappa shape index (κ1) is 13.6. The van der Waals surface area contributed by atoms with Crippen molar-refractivity contribution in [1.29, 1.82) is 0 Å². The van der Waals surface area contributed by atoms with Crippen molar-refractivity contribution in [3.8, 4) is 0 Å². The van der Waals surface area contributed by atoms with Crippen molar-refractivity contribution in [3.05, 3.63) is 35.9 Å². The van der Waals surface area contributed by atoms with Gasteiger partial charge in [0.1, 0.15) is 0 Å². The van der Waals surface area contributed by atoms with Crippen LogP contribution in [-0.4, -0.2) is 19.1 Å². The van der Waals surface area contributed by atoms with Crippen LogP contribution in [0.15, 0.2) is 30.3 Å². The third kappa shape index (κ3) is 5.38. The molecule has 0 aliphatic heterocycles. The minimum atomic E-state index is -0.0820. The van der Waals surface area contributed by atoms with Crippen LogP contribution in [0.2, 0.25) is 0 Å². The molecule has 1 atom stereocenters. The number of carbonyl (C=O) groups is 1. The number of benzene rings is 1. The van der Waals surface area contributed by atoms with E-state index in [0.717, 1.165) is 0 Å². The summed E-state index contributed by atoms with van der Waals surface area (Å²) in [6.45, 7) is 7.64. The highest BCUT2D eigenvalue weighted by Gasteiger charge is 2.07. The lowest BCUT2D eigenvalue weighted by molar-refractivity contribution is 0.239. The maximum absolute atomic E-state index is 11.5. The molecule has 0 saturated carbocycles. The van der Waals surface area contributed by atoms with Crippen molar-refractivity contribution < 1.29 is 4.79 Å². The third-order valence-corrected chi connectivity index (χ3v) is 2.61. The number of hydrogen-bond donors (Lipinski definition) is 2. The van der Waals surface area contributed by atoms with Crippen LogP contribution in [0.4, 0.5) is 4.79 Å². The van der Waals surface area contributed by atoms with Crippen LogP contribution in [0.1, 0.15) is 32.3 Å². The van der Waals surface area contributed by atoms with E-state index in [9.17, 15) is 4.79 Å². The van der Waals surface area contributed by atoms with Gasteiger partial charge in [-0.3, -0.25) is 0 Å². The number of nitrogens with one attached hydrogen (secondary N) is 2. The van der Waals surface area contributed by atoms with Gasteiger partial charge in [0, 0.05) is 13.1 Å². The monoisotopic (exact) mass is 234 g/mol. The molecule has 1 unspecified atom stereocenters. The van der Waals surface area contributed by atoms with E-state index >= 15 is 0 Å². The molecule has 2 amide bonds. The fourth-order valence-electron chi connectivity index (χ4n) is 1.50. The normalized spacial score (nSPS) is 12.2. The van der Waals surface area contributed by atoms with Crippen LogP contribution in [-0.2, 0) is 0 Å². The maximum Gasteiger partial charge on any atom is 0.314 e. The molecule has 17 heavy (non-hydrogen) atoms. The summed E-state index contributed by atoms with van der Waals surface area (Å²) in [5.74, 6) is 0.813. The molecule has 0 aromatic heterocycles. The average molecular weight is 234 g/mol. The Kier molecular flexibility index (Phi) is 5.53. The SMILES string of the molecule is CC(C)CNC(=O)NCC(C)c1ccccc1. The van der Waals surface area contributed by atoms with Crippen LogP contribution in [0.5, 0.6) is 0 Å². The number of carbonyl (C=O) groups excluding carboxylic acids is 1. The summed E-state index contributed by atoms with van der Waals surface area (Å²) in [6, 6.07) is 10.1. The predicted octanol–water partition coefficient (Wildman–Crippen LogP) is 2.75. The molecule has 1 aromatic rings. The summed E-state index contributed by atoms with van der Waals surface area (Å²) in [5, 5.41) is 5.73. The Hall–Kier alpha value is -1.51.